The first-order valence-electron chi connectivity index (χ1n) is 5.80. The summed E-state index contributed by atoms with van der Waals surface area (Å²) < 4.78 is 5.27. The number of nitrogens with zero attached hydrogens (tertiary/aromatic N) is 1. The van der Waals surface area contributed by atoms with Crippen LogP contribution in [-0.2, 0) is 11.3 Å². The monoisotopic (exact) mass is 244 g/mol. The molecule has 1 aromatic carbocycles. The van der Waals surface area contributed by atoms with Crippen LogP contribution in [0, 0.1) is 6.92 Å². The molecule has 2 N–H and O–H groups in total. The summed E-state index contributed by atoms with van der Waals surface area (Å²) in [5.41, 5.74) is 7.42. The highest BCUT2D eigenvalue weighted by Gasteiger charge is 2.15. The van der Waals surface area contributed by atoms with Crippen molar-refractivity contribution in [3.63, 3.8) is 0 Å². The first-order valence-corrected chi connectivity index (χ1v) is 5.80. The van der Waals surface area contributed by atoms with Gasteiger partial charge in [-0.15, -0.1) is 0 Å². The average Bonchev–Trinajstić information content (AvgIpc) is 2.89. The summed E-state index contributed by atoms with van der Waals surface area (Å²) >= 11 is 0. The summed E-state index contributed by atoms with van der Waals surface area (Å²) in [6.45, 7) is 2.38. The first-order chi connectivity index (χ1) is 8.70. The van der Waals surface area contributed by atoms with Gasteiger partial charge in [0, 0.05) is 5.69 Å². The fourth-order valence-corrected chi connectivity index (χ4v) is 1.72. The van der Waals surface area contributed by atoms with Gasteiger partial charge in [0.25, 0.3) is 0 Å². The van der Waals surface area contributed by atoms with Gasteiger partial charge < -0.3 is 15.1 Å². The Kier molecular flexibility index (Phi) is 3.79. The highest BCUT2D eigenvalue weighted by Crippen LogP contribution is 2.18. The van der Waals surface area contributed by atoms with Gasteiger partial charge >= 0.3 is 0 Å². The van der Waals surface area contributed by atoms with E-state index < -0.39 is 0 Å². The van der Waals surface area contributed by atoms with Gasteiger partial charge in [-0.05, 0) is 31.2 Å². The van der Waals surface area contributed by atoms with E-state index in [4.69, 9.17) is 10.2 Å². The van der Waals surface area contributed by atoms with Gasteiger partial charge in [0.05, 0.1) is 19.4 Å². The van der Waals surface area contributed by atoms with E-state index in [1.807, 2.05) is 37.3 Å². The lowest BCUT2D eigenvalue weighted by Gasteiger charge is -2.21. The Morgan fingerprint density at radius 2 is 2.00 bits per heavy atom. The van der Waals surface area contributed by atoms with Crippen LogP contribution in [0.25, 0.3) is 0 Å². The van der Waals surface area contributed by atoms with E-state index in [1.54, 1.807) is 17.2 Å². The van der Waals surface area contributed by atoms with Crippen LogP contribution in [0.5, 0.6) is 0 Å². The molecule has 0 spiro atoms. The maximum absolute atomic E-state index is 11.9. The van der Waals surface area contributed by atoms with Gasteiger partial charge in [-0.25, -0.2) is 0 Å². The molecule has 2 aromatic rings. The number of furan rings is 1. The van der Waals surface area contributed by atoms with E-state index in [0.29, 0.717) is 6.54 Å². The Bertz CT molecular complexity index is 503. The highest BCUT2D eigenvalue weighted by molar-refractivity contribution is 5.94. The highest BCUT2D eigenvalue weighted by atomic mass is 16.3. The molecular weight excluding hydrogens is 228 g/mol. The van der Waals surface area contributed by atoms with Crippen molar-refractivity contribution < 1.29 is 9.21 Å². The molecule has 1 aromatic heterocycles. The lowest BCUT2D eigenvalue weighted by atomic mass is 10.2. The predicted molar refractivity (Wildman–Crippen MR) is 70.1 cm³/mol. The second-order valence-corrected chi connectivity index (χ2v) is 4.10. The maximum atomic E-state index is 11.9. The number of rotatable bonds is 4. The molecule has 1 heterocycles. The molecule has 0 saturated carbocycles. The van der Waals surface area contributed by atoms with Crippen LogP contribution < -0.4 is 10.6 Å². The minimum Gasteiger partial charge on any atom is -0.467 e. The smallest absolute Gasteiger partial charge is 0.241 e. The van der Waals surface area contributed by atoms with Crippen molar-refractivity contribution in [1.82, 2.24) is 0 Å². The van der Waals surface area contributed by atoms with Gasteiger partial charge in [0.15, 0.2) is 0 Å². The number of amides is 1. The van der Waals surface area contributed by atoms with Crippen LogP contribution in [0.4, 0.5) is 5.69 Å². The zero-order chi connectivity index (χ0) is 13.0. The fraction of sp³-hybridized carbons (Fsp3) is 0.214. The maximum Gasteiger partial charge on any atom is 0.241 e. The SMILES string of the molecule is Cc1ccc(N(Cc2ccco2)C(=O)CN)cc1. The summed E-state index contributed by atoms with van der Waals surface area (Å²) in [5.74, 6) is 0.604. The Labute approximate surface area is 106 Å². The molecule has 94 valence electrons. The van der Waals surface area contributed by atoms with Gasteiger partial charge in [-0.2, -0.15) is 0 Å². The summed E-state index contributed by atoms with van der Waals surface area (Å²) in [5, 5.41) is 0. The Balaban J connectivity index is 2.25. The molecule has 0 aliphatic carbocycles. The minimum atomic E-state index is -0.129. The molecule has 18 heavy (non-hydrogen) atoms. The summed E-state index contributed by atoms with van der Waals surface area (Å²) in [6.07, 6.45) is 1.59. The van der Waals surface area contributed by atoms with E-state index in [1.165, 1.54) is 0 Å². The van der Waals surface area contributed by atoms with Gasteiger partial charge in [-0.3, -0.25) is 4.79 Å². The topological polar surface area (TPSA) is 59.5 Å². The number of nitrogens with two attached hydrogens (primary N) is 1. The molecule has 2 rings (SSSR count). The number of carbonyl (C=O) groups is 1. The number of hydrogen-bond donors (Lipinski definition) is 1. The van der Waals surface area contributed by atoms with Crippen LogP contribution in [0.15, 0.2) is 47.1 Å². The minimum absolute atomic E-state index is 0.0193. The molecule has 0 aliphatic rings. The Morgan fingerprint density at radius 1 is 1.28 bits per heavy atom. The molecule has 0 saturated heterocycles. The largest absolute Gasteiger partial charge is 0.467 e. The number of carbonyl (C=O) groups excluding carboxylic acids is 1. The van der Waals surface area contributed by atoms with Crippen molar-refractivity contribution in [3.8, 4) is 0 Å². The zero-order valence-corrected chi connectivity index (χ0v) is 10.3. The van der Waals surface area contributed by atoms with E-state index in [9.17, 15) is 4.79 Å². The molecule has 0 radical (unpaired) electrons. The number of anilines is 1. The molecule has 0 atom stereocenters. The Hall–Kier alpha value is -2.07. The van der Waals surface area contributed by atoms with Gasteiger partial charge in [-0.1, -0.05) is 17.7 Å². The van der Waals surface area contributed by atoms with Crippen LogP contribution in [-0.4, -0.2) is 12.5 Å². The summed E-state index contributed by atoms with van der Waals surface area (Å²) in [6, 6.07) is 11.4. The Morgan fingerprint density at radius 3 is 2.56 bits per heavy atom. The summed E-state index contributed by atoms with van der Waals surface area (Å²) in [7, 11) is 0. The zero-order valence-electron chi connectivity index (χ0n) is 10.3. The first kappa shape index (κ1) is 12.4. The summed E-state index contributed by atoms with van der Waals surface area (Å²) in [4.78, 5) is 13.5. The third-order valence-corrected chi connectivity index (χ3v) is 2.72. The fourth-order valence-electron chi connectivity index (χ4n) is 1.72. The van der Waals surface area contributed by atoms with E-state index in [2.05, 4.69) is 0 Å². The third-order valence-electron chi connectivity index (χ3n) is 2.72. The van der Waals surface area contributed by atoms with E-state index in [0.717, 1.165) is 17.0 Å². The molecule has 1 amide bonds. The standard InChI is InChI=1S/C14H16N2O2/c1-11-4-6-12(7-5-11)16(14(17)9-15)10-13-3-2-8-18-13/h2-8H,9-10,15H2,1H3. The van der Waals surface area contributed by atoms with Crippen LogP contribution in [0.1, 0.15) is 11.3 Å². The van der Waals surface area contributed by atoms with Crippen LogP contribution >= 0.6 is 0 Å². The molecule has 4 nitrogen and oxygen atoms in total. The number of benzene rings is 1. The lowest BCUT2D eigenvalue weighted by molar-refractivity contribution is -0.117. The quantitative estimate of drug-likeness (QED) is 0.895. The molecule has 0 aliphatic heterocycles. The molecule has 4 heteroatoms. The van der Waals surface area contributed by atoms with Crippen molar-refractivity contribution >= 4 is 11.6 Å². The number of hydrogen-bond acceptors (Lipinski definition) is 3. The van der Waals surface area contributed by atoms with Gasteiger partial charge in [0.2, 0.25) is 5.91 Å². The number of aryl methyl sites for hydroxylation is 1. The normalized spacial score (nSPS) is 10.3. The average molecular weight is 244 g/mol. The van der Waals surface area contributed by atoms with Gasteiger partial charge in [0.1, 0.15) is 5.76 Å². The second-order valence-electron chi connectivity index (χ2n) is 4.10. The lowest BCUT2D eigenvalue weighted by Crippen LogP contribution is -2.35. The molecule has 0 fully saturated rings. The molecular formula is C14H16N2O2. The second kappa shape index (κ2) is 5.51. The van der Waals surface area contributed by atoms with Crippen LogP contribution in [0.2, 0.25) is 0 Å². The predicted octanol–water partition coefficient (Wildman–Crippen LogP) is 2.08. The van der Waals surface area contributed by atoms with Crippen molar-refractivity contribution in [1.29, 1.82) is 0 Å². The molecule has 0 bridgehead atoms. The van der Waals surface area contributed by atoms with Crippen molar-refractivity contribution in [2.75, 3.05) is 11.4 Å². The van der Waals surface area contributed by atoms with E-state index in [-0.39, 0.29) is 12.5 Å². The van der Waals surface area contributed by atoms with Crippen molar-refractivity contribution in [2.24, 2.45) is 5.73 Å². The van der Waals surface area contributed by atoms with Crippen LogP contribution in [0.3, 0.4) is 0 Å². The van der Waals surface area contributed by atoms with Crippen molar-refractivity contribution in [3.05, 3.63) is 54.0 Å². The van der Waals surface area contributed by atoms with E-state index >= 15 is 0 Å². The molecule has 0 unspecified atom stereocenters. The third kappa shape index (κ3) is 2.78. The van der Waals surface area contributed by atoms with Crippen molar-refractivity contribution in [2.45, 2.75) is 13.5 Å².